The van der Waals surface area contributed by atoms with E-state index in [4.69, 9.17) is 28.3 Å². The Morgan fingerprint density at radius 2 is 1.87 bits per heavy atom. The number of aromatic nitrogens is 1. The van der Waals surface area contributed by atoms with Gasteiger partial charge in [0.2, 0.25) is 5.91 Å². The van der Waals surface area contributed by atoms with Crippen LogP contribution < -0.4 is 15.4 Å². The first-order chi connectivity index (χ1) is 14.7. The molecule has 3 N–H and O–H groups in total. The summed E-state index contributed by atoms with van der Waals surface area (Å²) < 4.78 is 31.9. The summed E-state index contributed by atoms with van der Waals surface area (Å²) in [5.41, 5.74) is 1.20. The van der Waals surface area contributed by atoms with Crippen LogP contribution in [0.3, 0.4) is 0 Å². The first-order valence-corrected chi connectivity index (χ1v) is 11.1. The standard InChI is InChI=1S/C20H17ClN4O4S2/c1-13-12-18(24-29-13)25-31(27,28)16-9-7-15(8-10-16)22-20(30)23-19(26)11-6-14-4-2-3-5-17(14)21/h2-12H,1H3,(H,24,25)(H2,22,23,26,30). The summed E-state index contributed by atoms with van der Waals surface area (Å²) in [6, 6.07) is 14.4. The molecule has 0 fully saturated rings. The van der Waals surface area contributed by atoms with Crippen molar-refractivity contribution in [1.82, 2.24) is 10.5 Å². The molecule has 0 unspecified atom stereocenters. The Morgan fingerprint density at radius 1 is 1.16 bits per heavy atom. The van der Waals surface area contributed by atoms with E-state index in [0.29, 0.717) is 22.0 Å². The summed E-state index contributed by atoms with van der Waals surface area (Å²) >= 11 is 11.1. The summed E-state index contributed by atoms with van der Waals surface area (Å²) in [5, 5.41) is 9.49. The molecule has 1 amide bonds. The van der Waals surface area contributed by atoms with Crippen LogP contribution in [0.2, 0.25) is 5.02 Å². The molecule has 1 aromatic heterocycles. The van der Waals surface area contributed by atoms with Gasteiger partial charge in [0, 0.05) is 22.9 Å². The lowest BCUT2D eigenvalue weighted by molar-refractivity contribution is -0.115. The molecular weight excluding hydrogens is 460 g/mol. The summed E-state index contributed by atoms with van der Waals surface area (Å²) in [6.07, 6.45) is 2.88. The largest absolute Gasteiger partial charge is 0.360 e. The van der Waals surface area contributed by atoms with Crippen LogP contribution in [0, 0.1) is 6.92 Å². The third-order valence-electron chi connectivity index (χ3n) is 3.85. The van der Waals surface area contributed by atoms with Crippen LogP contribution in [0.15, 0.2) is 70.1 Å². The van der Waals surface area contributed by atoms with Crippen molar-refractivity contribution in [3.05, 3.63) is 77.0 Å². The molecule has 8 nitrogen and oxygen atoms in total. The zero-order chi connectivity index (χ0) is 22.4. The number of hydrogen-bond donors (Lipinski definition) is 3. The molecule has 0 saturated carbocycles. The number of carbonyl (C=O) groups excluding carboxylic acids is 1. The minimum absolute atomic E-state index is 0.0244. The van der Waals surface area contributed by atoms with Gasteiger partial charge in [0.05, 0.1) is 4.90 Å². The third kappa shape index (κ3) is 6.38. The zero-order valence-electron chi connectivity index (χ0n) is 16.1. The predicted octanol–water partition coefficient (Wildman–Crippen LogP) is 3.96. The highest BCUT2D eigenvalue weighted by atomic mass is 35.5. The molecule has 2 aromatic carbocycles. The molecule has 0 aliphatic rings. The van der Waals surface area contributed by atoms with Gasteiger partial charge in [-0.05, 0) is 61.1 Å². The molecule has 160 valence electrons. The van der Waals surface area contributed by atoms with Gasteiger partial charge in [-0.2, -0.15) is 0 Å². The molecule has 3 rings (SSSR count). The van der Waals surface area contributed by atoms with Gasteiger partial charge < -0.3 is 9.84 Å². The van der Waals surface area contributed by atoms with E-state index in [-0.39, 0.29) is 15.8 Å². The van der Waals surface area contributed by atoms with Crippen molar-refractivity contribution in [3.63, 3.8) is 0 Å². The van der Waals surface area contributed by atoms with E-state index in [2.05, 4.69) is 20.5 Å². The second-order valence-electron chi connectivity index (χ2n) is 6.25. The molecule has 11 heteroatoms. The average Bonchev–Trinajstić information content (AvgIpc) is 3.11. The number of nitrogens with zero attached hydrogens (tertiary/aromatic N) is 1. The van der Waals surface area contributed by atoms with Gasteiger partial charge in [-0.25, -0.2) is 8.42 Å². The molecule has 31 heavy (non-hydrogen) atoms. The van der Waals surface area contributed by atoms with Crippen LogP contribution in [0.4, 0.5) is 11.5 Å². The second kappa shape index (κ2) is 9.73. The van der Waals surface area contributed by atoms with Gasteiger partial charge in [-0.1, -0.05) is 35.0 Å². The molecule has 0 aliphatic heterocycles. The molecule has 0 saturated heterocycles. The van der Waals surface area contributed by atoms with Gasteiger partial charge in [0.1, 0.15) is 5.76 Å². The summed E-state index contributed by atoms with van der Waals surface area (Å²) in [7, 11) is -3.82. The molecular formula is C20H17ClN4O4S2. The fraction of sp³-hybridized carbons (Fsp3) is 0.0500. The number of rotatable bonds is 6. The van der Waals surface area contributed by atoms with E-state index < -0.39 is 15.9 Å². The Kier molecular flexibility index (Phi) is 7.06. The van der Waals surface area contributed by atoms with E-state index in [1.54, 1.807) is 31.2 Å². The van der Waals surface area contributed by atoms with Crippen LogP contribution in [0.5, 0.6) is 0 Å². The minimum Gasteiger partial charge on any atom is -0.360 e. The number of thiocarbonyl (C=S) groups is 1. The molecule has 0 spiro atoms. The van der Waals surface area contributed by atoms with Crippen molar-refractivity contribution in [3.8, 4) is 0 Å². The number of hydrogen-bond acceptors (Lipinski definition) is 6. The Morgan fingerprint density at radius 3 is 2.52 bits per heavy atom. The Balaban J connectivity index is 1.57. The van der Waals surface area contributed by atoms with Crippen molar-refractivity contribution >= 4 is 62.4 Å². The van der Waals surface area contributed by atoms with Gasteiger partial charge in [0.15, 0.2) is 10.9 Å². The first kappa shape index (κ1) is 22.5. The summed E-state index contributed by atoms with van der Waals surface area (Å²) in [6.45, 7) is 1.65. The van der Waals surface area contributed by atoms with E-state index in [9.17, 15) is 13.2 Å². The van der Waals surface area contributed by atoms with Gasteiger partial charge >= 0.3 is 0 Å². The van der Waals surface area contributed by atoms with Crippen LogP contribution in [0.1, 0.15) is 11.3 Å². The number of nitrogens with one attached hydrogen (secondary N) is 3. The smallest absolute Gasteiger partial charge is 0.263 e. The van der Waals surface area contributed by atoms with Gasteiger partial charge in [0.25, 0.3) is 10.0 Å². The van der Waals surface area contributed by atoms with E-state index in [0.717, 1.165) is 0 Å². The fourth-order valence-electron chi connectivity index (χ4n) is 2.42. The number of anilines is 2. The number of benzene rings is 2. The number of amides is 1. The van der Waals surface area contributed by atoms with Crippen molar-refractivity contribution in [2.75, 3.05) is 10.0 Å². The monoisotopic (exact) mass is 476 g/mol. The quantitative estimate of drug-likeness (QED) is 0.364. The summed E-state index contributed by atoms with van der Waals surface area (Å²) in [5.74, 6) is 0.131. The highest BCUT2D eigenvalue weighted by Crippen LogP contribution is 2.18. The number of halogens is 1. The fourth-order valence-corrected chi connectivity index (χ4v) is 3.82. The lowest BCUT2D eigenvalue weighted by Gasteiger charge is -2.09. The van der Waals surface area contributed by atoms with Gasteiger partial charge in [-0.3, -0.25) is 14.8 Å². The van der Waals surface area contributed by atoms with Crippen LogP contribution in [-0.2, 0) is 14.8 Å². The molecule has 3 aromatic rings. The van der Waals surface area contributed by atoms with Crippen LogP contribution in [-0.4, -0.2) is 24.6 Å². The van der Waals surface area contributed by atoms with Crippen molar-refractivity contribution in [2.45, 2.75) is 11.8 Å². The van der Waals surface area contributed by atoms with E-state index in [1.165, 1.54) is 36.4 Å². The van der Waals surface area contributed by atoms with Crippen molar-refractivity contribution in [2.24, 2.45) is 0 Å². The number of carbonyl (C=O) groups is 1. The lowest BCUT2D eigenvalue weighted by atomic mass is 10.2. The van der Waals surface area contributed by atoms with Crippen LogP contribution in [0.25, 0.3) is 6.08 Å². The Hall–Kier alpha value is -3.21. The van der Waals surface area contributed by atoms with Crippen LogP contribution >= 0.6 is 23.8 Å². The molecule has 0 bridgehead atoms. The van der Waals surface area contributed by atoms with Crippen molar-refractivity contribution in [1.29, 1.82) is 0 Å². The molecule has 1 heterocycles. The highest BCUT2D eigenvalue weighted by Gasteiger charge is 2.16. The normalized spacial score (nSPS) is 11.3. The number of sulfonamides is 1. The third-order valence-corrected chi connectivity index (χ3v) is 5.76. The Labute approximate surface area is 189 Å². The molecule has 0 radical (unpaired) electrons. The SMILES string of the molecule is Cc1cc(NS(=O)(=O)c2ccc(NC(=S)NC(=O)C=Cc3ccccc3Cl)cc2)no1. The zero-order valence-corrected chi connectivity index (χ0v) is 18.5. The predicted molar refractivity (Wildman–Crippen MR) is 123 cm³/mol. The molecule has 0 atom stereocenters. The van der Waals surface area contributed by atoms with E-state index >= 15 is 0 Å². The maximum Gasteiger partial charge on any atom is 0.263 e. The lowest BCUT2D eigenvalue weighted by Crippen LogP contribution is -2.32. The maximum absolute atomic E-state index is 12.4. The van der Waals surface area contributed by atoms with E-state index in [1.807, 2.05) is 6.07 Å². The first-order valence-electron chi connectivity index (χ1n) is 8.84. The second-order valence-corrected chi connectivity index (χ2v) is 8.75. The minimum atomic E-state index is -3.82. The average molecular weight is 477 g/mol. The molecule has 0 aliphatic carbocycles. The van der Waals surface area contributed by atoms with Crippen molar-refractivity contribution < 1.29 is 17.7 Å². The maximum atomic E-state index is 12.4. The number of aryl methyl sites for hydroxylation is 1. The topological polar surface area (TPSA) is 113 Å². The highest BCUT2D eigenvalue weighted by molar-refractivity contribution is 7.92. The summed E-state index contributed by atoms with van der Waals surface area (Å²) in [4.78, 5) is 12.0. The Bertz CT molecular complexity index is 1240. The van der Waals surface area contributed by atoms with Gasteiger partial charge in [-0.15, -0.1) is 0 Å².